The van der Waals surface area contributed by atoms with E-state index in [0.29, 0.717) is 37.6 Å². The molecule has 0 N–H and O–H groups in total. The monoisotopic (exact) mass is 341 g/mol. The quantitative estimate of drug-likeness (QED) is 0.817. The number of hydrogen-bond acceptors (Lipinski definition) is 2. The van der Waals surface area contributed by atoms with Crippen molar-refractivity contribution in [3.8, 4) is 0 Å². The molecule has 3 nitrogen and oxygen atoms in total. The van der Waals surface area contributed by atoms with Gasteiger partial charge in [-0.15, -0.1) is 0 Å². The van der Waals surface area contributed by atoms with E-state index in [2.05, 4.69) is 0 Å². The lowest BCUT2D eigenvalue weighted by molar-refractivity contribution is -0.137. The second-order valence-corrected chi connectivity index (χ2v) is 6.68. The van der Waals surface area contributed by atoms with Gasteiger partial charge in [0.1, 0.15) is 0 Å². The molecule has 1 aromatic carbocycles. The van der Waals surface area contributed by atoms with E-state index in [1.165, 1.54) is 12.1 Å². The number of nitrogens with zero attached hydrogens (tertiary/aromatic N) is 1. The first-order valence-corrected chi connectivity index (χ1v) is 8.43. The van der Waals surface area contributed by atoms with E-state index in [9.17, 15) is 18.0 Å². The predicted octanol–water partition coefficient (Wildman–Crippen LogP) is 3.69. The summed E-state index contributed by atoms with van der Waals surface area (Å²) in [7, 11) is 0. The van der Waals surface area contributed by atoms with Gasteiger partial charge in [-0.1, -0.05) is 18.2 Å². The second-order valence-electron chi connectivity index (χ2n) is 6.68. The van der Waals surface area contributed by atoms with Crippen LogP contribution in [-0.4, -0.2) is 37.1 Å². The van der Waals surface area contributed by atoms with Crippen molar-refractivity contribution in [1.29, 1.82) is 0 Å². The van der Waals surface area contributed by atoms with Crippen molar-refractivity contribution < 1.29 is 22.7 Å². The molecule has 24 heavy (non-hydrogen) atoms. The van der Waals surface area contributed by atoms with E-state index in [1.807, 2.05) is 11.8 Å². The summed E-state index contributed by atoms with van der Waals surface area (Å²) in [5.74, 6) is 0.163. The molecule has 3 rings (SSSR count). The molecular formula is C18H22F3NO2. The van der Waals surface area contributed by atoms with Gasteiger partial charge in [-0.3, -0.25) is 4.79 Å². The van der Waals surface area contributed by atoms with Crippen molar-refractivity contribution >= 4 is 5.91 Å². The van der Waals surface area contributed by atoms with Crippen LogP contribution in [0.5, 0.6) is 0 Å². The Balaban J connectivity index is 1.64. The first-order chi connectivity index (χ1) is 11.4. The van der Waals surface area contributed by atoms with Crippen LogP contribution in [0, 0.1) is 11.8 Å². The van der Waals surface area contributed by atoms with E-state index in [4.69, 9.17) is 4.74 Å². The summed E-state index contributed by atoms with van der Waals surface area (Å²) < 4.78 is 43.8. The Morgan fingerprint density at radius 2 is 2.17 bits per heavy atom. The van der Waals surface area contributed by atoms with Gasteiger partial charge < -0.3 is 9.64 Å². The minimum Gasteiger partial charge on any atom is -0.381 e. The van der Waals surface area contributed by atoms with Crippen molar-refractivity contribution in [2.24, 2.45) is 11.8 Å². The van der Waals surface area contributed by atoms with Gasteiger partial charge in [0.25, 0.3) is 0 Å². The molecule has 1 aromatic rings. The lowest BCUT2D eigenvalue weighted by Gasteiger charge is -2.24. The van der Waals surface area contributed by atoms with Crippen LogP contribution in [0.4, 0.5) is 13.2 Å². The third kappa shape index (κ3) is 3.74. The summed E-state index contributed by atoms with van der Waals surface area (Å²) in [6, 6.07) is 5.36. The summed E-state index contributed by atoms with van der Waals surface area (Å²) in [6.45, 7) is 4.68. The molecule has 2 fully saturated rings. The van der Waals surface area contributed by atoms with Gasteiger partial charge >= 0.3 is 6.18 Å². The van der Waals surface area contributed by atoms with Crippen molar-refractivity contribution in [2.45, 2.75) is 31.9 Å². The Hall–Kier alpha value is -1.56. The summed E-state index contributed by atoms with van der Waals surface area (Å²) in [5.41, 5.74) is -0.0306. The number of halogens is 3. The Kier molecular flexibility index (Phi) is 4.85. The summed E-state index contributed by atoms with van der Waals surface area (Å²) in [6.07, 6.45) is -2.74. The fourth-order valence-electron chi connectivity index (χ4n) is 3.43. The summed E-state index contributed by atoms with van der Waals surface area (Å²) >= 11 is 0. The minimum atomic E-state index is -4.34. The van der Waals surface area contributed by atoms with E-state index in [0.717, 1.165) is 19.1 Å². The average Bonchev–Trinajstić information content (AvgIpc) is 3.19. The van der Waals surface area contributed by atoms with Crippen LogP contribution in [0.15, 0.2) is 24.3 Å². The van der Waals surface area contributed by atoms with Crippen molar-refractivity contribution in [2.75, 3.05) is 26.3 Å². The molecule has 0 unspecified atom stereocenters. The van der Waals surface area contributed by atoms with Crippen molar-refractivity contribution in [3.05, 3.63) is 35.4 Å². The Bertz CT molecular complexity index is 596. The largest absolute Gasteiger partial charge is 0.416 e. The average molecular weight is 341 g/mol. The van der Waals surface area contributed by atoms with Gasteiger partial charge in [0.15, 0.2) is 0 Å². The zero-order valence-corrected chi connectivity index (χ0v) is 13.7. The van der Waals surface area contributed by atoms with E-state index in [-0.39, 0.29) is 17.7 Å². The van der Waals surface area contributed by atoms with E-state index < -0.39 is 11.7 Å². The van der Waals surface area contributed by atoms with Crippen LogP contribution in [0.2, 0.25) is 0 Å². The first kappa shape index (κ1) is 17.3. The molecule has 132 valence electrons. The molecule has 6 heteroatoms. The van der Waals surface area contributed by atoms with Crippen LogP contribution in [0.3, 0.4) is 0 Å². The van der Waals surface area contributed by atoms with Gasteiger partial charge in [0, 0.05) is 31.5 Å². The molecule has 1 saturated heterocycles. The number of amides is 1. The zero-order valence-electron chi connectivity index (χ0n) is 13.7. The van der Waals surface area contributed by atoms with E-state index in [1.54, 1.807) is 6.07 Å². The standard InChI is InChI=1S/C18H22F3NO2/c1-2-22(10-12-6-7-24-11-12)17(23)16-9-15(16)13-4-3-5-14(8-13)18(19,20)21/h3-5,8,12,15-16H,2,6-7,9-11H2,1H3/t12-,15+,16-/m0/s1. The summed E-state index contributed by atoms with van der Waals surface area (Å²) in [5, 5.41) is 0. The number of alkyl halides is 3. The molecule has 1 saturated carbocycles. The highest BCUT2D eigenvalue weighted by Crippen LogP contribution is 2.49. The van der Waals surface area contributed by atoms with Gasteiger partial charge in [-0.25, -0.2) is 0 Å². The second kappa shape index (κ2) is 6.75. The van der Waals surface area contributed by atoms with Gasteiger partial charge in [-0.2, -0.15) is 13.2 Å². The molecule has 0 spiro atoms. The topological polar surface area (TPSA) is 29.5 Å². The van der Waals surface area contributed by atoms with Crippen LogP contribution < -0.4 is 0 Å². The molecule has 0 radical (unpaired) electrons. The molecule has 1 aliphatic heterocycles. The third-order valence-corrected chi connectivity index (χ3v) is 4.95. The normalized spacial score (nSPS) is 26.4. The maximum atomic E-state index is 12.8. The van der Waals surface area contributed by atoms with Gasteiger partial charge in [-0.05, 0) is 37.3 Å². The highest BCUT2D eigenvalue weighted by molar-refractivity contribution is 5.83. The van der Waals surface area contributed by atoms with Crippen LogP contribution in [-0.2, 0) is 15.7 Å². The number of benzene rings is 1. The minimum absolute atomic E-state index is 0.0619. The molecule has 1 aliphatic carbocycles. The smallest absolute Gasteiger partial charge is 0.381 e. The number of carbonyl (C=O) groups excluding carboxylic acids is 1. The predicted molar refractivity (Wildman–Crippen MR) is 83.5 cm³/mol. The SMILES string of the molecule is CCN(C[C@@H]1CCOC1)C(=O)[C@H]1C[C@@H]1c1cccc(C(F)(F)F)c1. The maximum Gasteiger partial charge on any atom is 0.416 e. The Labute approximate surface area is 139 Å². The Morgan fingerprint density at radius 1 is 1.38 bits per heavy atom. The maximum absolute atomic E-state index is 12.8. The number of rotatable bonds is 5. The molecule has 0 aromatic heterocycles. The molecule has 0 bridgehead atoms. The fourth-order valence-corrected chi connectivity index (χ4v) is 3.43. The number of carbonyl (C=O) groups is 1. The third-order valence-electron chi connectivity index (χ3n) is 4.95. The Morgan fingerprint density at radius 3 is 2.79 bits per heavy atom. The fraction of sp³-hybridized carbons (Fsp3) is 0.611. The van der Waals surface area contributed by atoms with Crippen LogP contribution >= 0.6 is 0 Å². The molecule has 3 atom stereocenters. The number of hydrogen-bond donors (Lipinski definition) is 0. The summed E-state index contributed by atoms with van der Waals surface area (Å²) in [4.78, 5) is 14.5. The van der Waals surface area contributed by atoms with Gasteiger partial charge in [0.2, 0.25) is 5.91 Å². The van der Waals surface area contributed by atoms with E-state index >= 15 is 0 Å². The van der Waals surface area contributed by atoms with Gasteiger partial charge in [0.05, 0.1) is 12.2 Å². The lowest BCUT2D eigenvalue weighted by atomic mass is 10.0. The molecule has 1 amide bonds. The zero-order chi connectivity index (χ0) is 17.3. The highest BCUT2D eigenvalue weighted by atomic mass is 19.4. The van der Waals surface area contributed by atoms with Crippen LogP contribution in [0.1, 0.15) is 36.8 Å². The number of ether oxygens (including phenoxy) is 1. The highest BCUT2D eigenvalue weighted by Gasteiger charge is 2.46. The van der Waals surface area contributed by atoms with Crippen LogP contribution in [0.25, 0.3) is 0 Å². The van der Waals surface area contributed by atoms with Crippen molar-refractivity contribution in [1.82, 2.24) is 4.90 Å². The molecular weight excluding hydrogens is 319 g/mol. The van der Waals surface area contributed by atoms with Crippen molar-refractivity contribution in [3.63, 3.8) is 0 Å². The molecule has 2 aliphatic rings. The molecule has 1 heterocycles. The lowest BCUT2D eigenvalue weighted by Crippen LogP contribution is -2.36. The first-order valence-electron chi connectivity index (χ1n) is 8.43.